The van der Waals surface area contributed by atoms with E-state index in [0.717, 1.165) is 16.1 Å². The van der Waals surface area contributed by atoms with Crippen molar-refractivity contribution in [2.45, 2.75) is 26.4 Å². The van der Waals surface area contributed by atoms with Crippen molar-refractivity contribution >= 4 is 21.6 Å². The fraction of sp³-hybridized carbons (Fsp3) is 0.381. The SMILES string of the molecule is COc1cc(CNC(=O)[C@H](C)N(c2cccc(C)c2)S(C)(=O)=O)cc(OC)c1OC. The van der Waals surface area contributed by atoms with E-state index in [9.17, 15) is 13.2 Å². The Bertz CT molecular complexity index is 981. The van der Waals surface area contributed by atoms with Gasteiger partial charge in [0.15, 0.2) is 11.5 Å². The number of rotatable bonds is 9. The number of nitrogens with one attached hydrogen (secondary N) is 1. The van der Waals surface area contributed by atoms with Gasteiger partial charge in [0.2, 0.25) is 21.7 Å². The number of aryl methyl sites for hydroxylation is 1. The molecule has 0 saturated carbocycles. The average molecular weight is 437 g/mol. The first kappa shape index (κ1) is 23.3. The van der Waals surface area contributed by atoms with Crippen molar-refractivity contribution < 1.29 is 27.4 Å². The van der Waals surface area contributed by atoms with Crippen LogP contribution in [0.3, 0.4) is 0 Å². The van der Waals surface area contributed by atoms with E-state index in [-0.39, 0.29) is 6.54 Å². The zero-order chi connectivity index (χ0) is 22.5. The highest BCUT2D eigenvalue weighted by Crippen LogP contribution is 2.38. The van der Waals surface area contributed by atoms with Crippen molar-refractivity contribution in [3.63, 3.8) is 0 Å². The van der Waals surface area contributed by atoms with Gasteiger partial charge in [0.1, 0.15) is 6.04 Å². The van der Waals surface area contributed by atoms with E-state index in [4.69, 9.17) is 14.2 Å². The van der Waals surface area contributed by atoms with Crippen molar-refractivity contribution in [3.05, 3.63) is 47.5 Å². The number of amides is 1. The van der Waals surface area contributed by atoms with E-state index in [2.05, 4.69) is 5.32 Å². The summed E-state index contributed by atoms with van der Waals surface area (Å²) in [5.41, 5.74) is 2.05. The number of carbonyl (C=O) groups excluding carboxylic acids is 1. The summed E-state index contributed by atoms with van der Waals surface area (Å²) in [5, 5.41) is 2.78. The van der Waals surface area contributed by atoms with Crippen LogP contribution in [0.2, 0.25) is 0 Å². The molecular weight excluding hydrogens is 408 g/mol. The topological polar surface area (TPSA) is 94.2 Å². The van der Waals surface area contributed by atoms with Crippen LogP contribution in [0, 0.1) is 6.92 Å². The predicted octanol–water partition coefficient (Wildman–Crippen LogP) is 2.49. The zero-order valence-electron chi connectivity index (χ0n) is 18.1. The first-order valence-electron chi connectivity index (χ1n) is 9.25. The maximum Gasteiger partial charge on any atom is 0.243 e. The molecule has 2 aromatic carbocycles. The molecule has 1 atom stereocenters. The third-order valence-corrected chi connectivity index (χ3v) is 5.78. The van der Waals surface area contributed by atoms with Crippen LogP contribution in [0.25, 0.3) is 0 Å². The third-order valence-electron chi connectivity index (χ3n) is 4.54. The summed E-state index contributed by atoms with van der Waals surface area (Å²) in [5.74, 6) is 0.945. The molecule has 2 aromatic rings. The van der Waals surface area contributed by atoms with Crippen LogP contribution in [0.15, 0.2) is 36.4 Å². The number of anilines is 1. The average Bonchev–Trinajstić information content (AvgIpc) is 2.70. The summed E-state index contributed by atoms with van der Waals surface area (Å²) in [6.07, 6.45) is 1.08. The third kappa shape index (κ3) is 5.35. The minimum absolute atomic E-state index is 0.158. The first-order chi connectivity index (χ1) is 14.1. The van der Waals surface area contributed by atoms with Crippen LogP contribution in [-0.4, -0.2) is 48.0 Å². The number of methoxy groups -OCH3 is 3. The van der Waals surface area contributed by atoms with Crippen LogP contribution in [0.1, 0.15) is 18.1 Å². The molecule has 0 bridgehead atoms. The summed E-state index contributed by atoms with van der Waals surface area (Å²) in [6.45, 7) is 3.57. The highest BCUT2D eigenvalue weighted by Gasteiger charge is 2.29. The minimum Gasteiger partial charge on any atom is -0.493 e. The summed E-state index contributed by atoms with van der Waals surface area (Å²) in [6, 6.07) is 9.51. The number of ether oxygens (including phenoxy) is 3. The number of hydrogen-bond donors (Lipinski definition) is 1. The Balaban J connectivity index is 2.24. The smallest absolute Gasteiger partial charge is 0.243 e. The molecule has 8 nitrogen and oxygen atoms in total. The Kier molecular flexibility index (Phi) is 7.55. The summed E-state index contributed by atoms with van der Waals surface area (Å²) in [4.78, 5) is 12.8. The molecule has 30 heavy (non-hydrogen) atoms. The lowest BCUT2D eigenvalue weighted by Crippen LogP contribution is -2.47. The summed E-state index contributed by atoms with van der Waals surface area (Å²) < 4.78 is 41.8. The second-order valence-electron chi connectivity index (χ2n) is 6.83. The van der Waals surface area contributed by atoms with Crippen LogP contribution in [-0.2, 0) is 21.4 Å². The molecule has 0 fully saturated rings. The molecule has 9 heteroatoms. The van der Waals surface area contributed by atoms with Gasteiger partial charge >= 0.3 is 0 Å². The van der Waals surface area contributed by atoms with E-state index in [0.29, 0.717) is 28.5 Å². The molecule has 1 N–H and O–H groups in total. The minimum atomic E-state index is -3.68. The summed E-state index contributed by atoms with van der Waals surface area (Å²) >= 11 is 0. The van der Waals surface area contributed by atoms with Crippen LogP contribution >= 0.6 is 0 Å². The largest absolute Gasteiger partial charge is 0.493 e. The maximum atomic E-state index is 12.8. The Morgan fingerprint density at radius 1 is 1.07 bits per heavy atom. The molecule has 2 rings (SSSR count). The number of nitrogens with zero attached hydrogens (tertiary/aromatic N) is 1. The molecule has 0 heterocycles. The number of benzene rings is 2. The van der Waals surface area contributed by atoms with Crippen molar-refractivity contribution in [3.8, 4) is 17.2 Å². The Morgan fingerprint density at radius 2 is 1.67 bits per heavy atom. The first-order valence-corrected chi connectivity index (χ1v) is 11.1. The van der Waals surface area contributed by atoms with Crippen LogP contribution in [0.4, 0.5) is 5.69 Å². The van der Waals surface area contributed by atoms with Crippen LogP contribution in [0.5, 0.6) is 17.2 Å². The lowest BCUT2D eigenvalue weighted by Gasteiger charge is -2.28. The van der Waals surface area contributed by atoms with E-state index in [1.807, 2.05) is 13.0 Å². The van der Waals surface area contributed by atoms with Gasteiger partial charge in [-0.15, -0.1) is 0 Å². The molecule has 0 aliphatic rings. The summed E-state index contributed by atoms with van der Waals surface area (Å²) in [7, 11) is 0.847. The molecule has 0 aliphatic carbocycles. The van der Waals surface area contributed by atoms with Gasteiger partial charge in [-0.05, 0) is 49.2 Å². The molecule has 0 spiro atoms. The van der Waals surface area contributed by atoms with E-state index >= 15 is 0 Å². The second kappa shape index (κ2) is 9.71. The molecule has 0 aliphatic heterocycles. The van der Waals surface area contributed by atoms with Gasteiger partial charge in [-0.1, -0.05) is 12.1 Å². The zero-order valence-corrected chi connectivity index (χ0v) is 18.9. The highest BCUT2D eigenvalue weighted by atomic mass is 32.2. The second-order valence-corrected chi connectivity index (χ2v) is 8.68. The van der Waals surface area contributed by atoms with Crippen molar-refractivity contribution in [1.82, 2.24) is 5.32 Å². The van der Waals surface area contributed by atoms with Crippen LogP contribution < -0.4 is 23.8 Å². The molecule has 0 radical (unpaired) electrons. The van der Waals surface area contributed by atoms with Crippen molar-refractivity contribution in [2.75, 3.05) is 31.9 Å². The van der Waals surface area contributed by atoms with E-state index < -0.39 is 22.0 Å². The molecule has 0 unspecified atom stereocenters. The van der Waals surface area contributed by atoms with Crippen molar-refractivity contribution in [2.24, 2.45) is 0 Å². The van der Waals surface area contributed by atoms with Gasteiger partial charge in [-0.2, -0.15) is 0 Å². The Labute approximate surface area is 177 Å². The number of sulfonamides is 1. The van der Waals surface area contributed by atoms with E-state index in [1.54, 1.807) is 37.3 Å². The molecule has 0 aromatic heterocycles. The fourth-order valence-corrected chi connectivity index (χ4v) is 4.31. The van der Waals surface area contributed by atoms with Crippen molar-refractivity contribution in [1.29, 1.82) is 0 Å². The highest BCUT2D eigenvalue weighted by molar-refractivity contribution is 7.92. The number of carbonyl (C=O) groups is 1. The Hall–Kier alpha value is -2.94. The fourth-order valence-electron chi connectivity index (χ4n) is 3.15. The maximum absolute atomic E-state index is 12.8. The predicted molar refractivity (Wildman–Crippen MR) is 116 cm³/mol. The standard InChI is InChI=1S/C21H28N2O6S/c1-14-8-7-9-17(10-14)23(30(6,25)26)15(2)21(24)22-13-16-11-18(27-3)20(29-5)19(12-16)28-4/h7-12,15H,13H2,1-6H3,(H,22,24)/t15-/m0/s1. The quantitative estimate of drug-likeness (QED) is 0.649. The normalized spacial score (nSPS) is 12.1. The number of hydrogen-bond acceptors (Lipinski definition) is 6. The molecular formula is C21H28N2O6S. The van der Waals surface area contributed by atoms with Gasteiger partial charge in [-0.25, -0.2) is 8.42 Å². The van der Waals surface area contributed by atoms with Gasteiger partial charge in [-0.3, -0.25) is 9.10 Å². The van der Waals surface area contributed by atoms with Gasteiger partial charge < -0.3 is 19.5 Å². The van der Waals surface area contributed by atoms with E-state index in [1.165, 1.54) is 21.3 Å². The van der Waals surface area contributed by atoms with Gasteiger partial charge in [0.25, 0.3) is 0 Å². The Morgan fingerprint density at radius 3 is 2.13 bits per heavy atom. The van der Waals surface area contributed by atoms with Gasteiger partial charge in [0, 0.05) is 6.54 Å². The molecule has 1 amide bonds. The molecule has 164 valence electrons. The lowest BCUT2D eigenvalue weighted by molar-refractivity contribution is -0.122. The lowest BCUT2D eigenvalue weighted by atomic mass is 10.1. The molecule has 0 saturated heterocycles. The monoisotopic (exact) mass is 436 g/mol. The van der Waals surface area contributed by atoms with Gasteiger partial charge in [0.05, 0.1) is 33.3 Å².